The van der Waals surface area contributed by atoms with Crippen LogP contribution in [0, 0.1) is 13.8 Å². The Morgan fingerprint density at radius 2 is 1.69 bits per heavy atom. The second-order valence-corrected chi connectivity index (χ2v) is 8.62. The molecule has 0 aromatic heterocycles. The zero-order valence-corrected chi connectivity index (χ0v) is 19.5. The maximum Gasteiger partial charge on any atom is 0.300 e. The molecule has 1 aliphatic rings. The zero-order chi connectivity index (χ0) is 23.0. The molecule has 0 saturated carbocycles. The van der Waals surface area contributed by atoms with Gasteiger partial charge in [-0.25, -0.2) is 0 Å². The number of nitrogens with zero attached hydrogens (tertiary/aromatic N) is 1. The molecule has 1 heterocycles. The molecule has 6 heteroatoms. The molecular weight excluding hydrogens is 470 g/mol. The molecule has 32 heavy (non-hydrogen) atoms. The lowest BCUT2D eigenvalue weighted by atomic mass is 9.94. The number of carbonyl (C=O) groups is 2. The summed E-state index contributed by atoms with van der Waals surface area (Å²) in [5.41, 5.74) is 3.85. The first-order valence-electron chi connectivity index (χ1n) is 10.1. The third kappa shape index (κ3) is 3.82. The first-order valence-corrected chi connectivity index (χ1v) is 10.9. The first kappa shape index (κ1) is 21.8. The van der Waals surface area contributed by atoms with Crippen molar-refractivity contribution >= 4 is 39.1 Å². The fourth-order valence-electron chi connectivity index (χ4n) is 3.93. The number of hydrogen-bond acceptors (Lipinski definition) is 4. The van der Waals surface area contributed by atoms with Crippen molar-refractivity contribution in [3.05, 3.63) is 99.0 Å². The van der Waals surface area contributed by atoms with E-state index in [9.17, 15) is 14.7 Å². The third-order valence-corrected chi connectivity index (χ3v) is 6.16. The van der Waals surface area contributed by atoms with Gasteiger partial charge in [0.2, 0.25) is 0 Å². The average molecular weight is 492 g/mol. The number of aliphatic hydroxyl groups excluding tert-OH is 1. The second-order valence-electron chi connectivity index (χ2n) is 7.77. The van der Waals surface area contributed by atoms with E-state index in [4.69, 9.17) is 4.74 Å². The van der Waals surface area contributed by atoms with Gasteiger partial charge in [-0.2, -0.15) is 0 Å². The number of hydrogen-bond donors (Lipinski definition) is 1. The van der Waals surface area contributed by atoms with E-state index in [0.717, 1.165) is 16.7 Å². The minimum Gasteiger partial charge on any atom is -0.507 e. The lowest BCUT2D eigenvalue weighted by Gasteiger charge is -2.26. The van der Waals surface area contributed by atoms with Gasteiger partial charge in [-0.15, -0.1) is 0 Å². The number of rotatable bonds is 4. The van der Waals surface area contributed by atoms with E-state index < -0.39 is 17.7 Å². The Hall–Kier alpha value is -3.38. The van der Waals surface area contributed by atoms with Crippen LogP contribution in [0.2, 0.25) is 0 Å². The standard InChI is InChI=1S/C26H22BrNO4/c1-15-7-10-19(11-8-15)28-23(17-6-4-5-16(2)13-17)22(25(30)26(28)31)24(29)18-9-12-21(32-3)20(27)14-18/h4-14,23,29H,1-3H3/b24-22-. The van der Waals surface area contributed by atoms with E-state index in [1.165, 1.54) is 4.90 Å². The zero-order valence-electron chi connectivity index (χ0n) is 17.9. The van der Waals surface area contributed by atoms with Crippen molar-refractivity contribution in [3.63, 3.8) is 0 Å². The molecule has 0 spiro atoms. The third-order valence-electron chi connectivity index (χ3n) is 5.54. The predicted molar refractivity (Wildman–Crippen MR) is 128 cm³/mol. The molecule has 0 radical (unpaired) electrons. The van der Waals surface area contributed by atoms with Gasteiger partial charge >= 0.3 is 0 Å². The summed E-state index contributed by atoms with van der Waals surface area (Å²) in [5, 5.41) is 11.2. The van der Waals surface area contributed by atoms with Crippen LogP contribution < -0.4 is 9.64 Å². The summed E-state index contributed by atoms with van der Waals surface area (Å²) >= 11 is 3.42. The molecule has 3 aromatic carbocycles. The normalized spacial score (nSPS) is 17.6. The number of ketones is 1. The molecular formula is C26H22BrNO4. The van der Waals surface area contributed by atoms with Crippen molar-refractivity contribution in [1.82, 2.24) is 0 Å². The number of amides is 1. The molecule has 162 valence electrons. The number of carbonyl (C=O) groups excluding carboxylic acids is 2. The molecule has 4 rings (SSSR count). The SMILES string of the molecule is COc1ccc(/C(O)=C2/C(=O)C(=O)N(c3ccc(C)cc3)C2c2cccc(C)c2)cc1Br. The predicted octanol–water partition coefficient (Wildman–Crippen LogP) is 5.70. The van der Waals surface area contributed by atoms with Crippen LogP contribution >= 0.6 is 15.9 Å². The number of anilines is 1. The summed E-state index contributed by atoms with van der Waals surface area (Å²) in [7, 11) is 1.55. The van der Waals surface area contributed by atoms with Crippen molar-refractivity contribution in [3.8, 4) is 5.75 Å². The van der Waals surface area contributed by atoms with Crippen LogP contribution in [0.25, 0.3) is 5.76 Å². The molecule has 1 amide bonds. The molecule has 1 unspecified atom stereocenters. The smallest absolute Gasteiger partial charge is 0.300 e. The van der Waals surface area contributed by atoms with Gasteiger partial charge in [0.25, 0.3) is 11.7 Å². The number of Topliss-reactive ketones (excluding diaryl/α,β-unsaturated/α-hetero) is 1. The fourth-order valence-corrected chi connectivity index (χ4v) is 4.47. The van der Waals surface area contributed by atoms with E-state index >= 15 is 0 Å². The Balaban J connectivity index is 1.94. The van der Waals surface area contributed by atoms with Crippen molar-refractivity contribution < 1.29 is 19.4 Å². The Kier molecular flexibility index (Phi) is 5.89. The van der Waals surface area contributed by atoms with Gasteiger partial charge < -0.3 is 9.84 Å². The summed E-state index contributed by atoms with van der Waals surface area (Å²) in [4.78, 5) is 27.8. The van der Waals surface area contributed by atoms with Crippen LogP contribution in [-0.2, 0) is 9.59 Å². The minimum atomic E-state index is -0.751. The number of halogens is 1. The lowest BCUT2D eigenvalue weighted by molar-refractivity contribution is -0.132. The van der Waals surface area contributed by atoms with E-state index in [-0.39, 0.29) is 11.3 Å². The first-order chi connectivity index (χ1) is 15.3. The van der Waals surface area contributed by atoms with Gasteiger partial charge in [0.15, 0.2) is 0 Å². The highest BCUT2D eigenvalue weighted by molar-refractivity contribution is 9.10. The molecule has 5 nitrogen and oxygen atoms in total. The van der Waals surface area contributed by atoms with E-state index in [2.05, 4.69) is 15.9 Å². The number of aliphatic hydroxyl groups is 1. The van der Waals surface area contributed by atoms with Gasteiger partial charge in [-0.3, -0.25) is 14.5 Å². The Morgan fingerprint density at radius 3 is 2.31 bits per heavy atom. The van der Waals surface area contributed by atoms with E-state index in [0.29, 0.717) is 21.5 Å². The van der Waals surface area contributed by atoms with Crippen LogP contribution in [0.3, 0.4) is 0 Å². The Morgan fingerprint density at radius 1 is 0.969 bits per heavy atom. The van der Waals surface area contributed by atoms with Crippen molar-refractivity contribution in [2.24, 2.45) is 0 Å². The Labute approximate surface area is 195 Å². The highest BCUT2D eigenvalue weighted by Crippen LogP contribution is 2.43. The molecule has 1 saturated heterocycles. The number of methoxy groups -OCH3 is 1. The fraction of sp³-hybridized carbons (Fsp3) is 0.154. The second kappa shape index (κ2) is 8.63. The van der Waals surface area contributed by atoms with Crippen molar-refractivity contribution in [2.75, 3.05) is 12.0 Å². The highest BCUT2D eigenvalue weighted by Gasteiger charge is 2.47. The van der Waals surface area contributed by atoms with Gasteiger partial charge in [-0.05, 0) is 65.7 Å². The van der Waals surface area contributed by atoms with Gasteiger partial charge in [0.1, 0.15) is 11.5 Å². The lowest BCUT2D eigenvalue weighted by Crippen LogP contribution is -2.29. The number of benzene rings is 3. The van der Waals surface area contributed by atoms with Crippen LogP contribution in [0.4, 0.5) is 5.69 Å². The van der Waals surface area contributed by atoms with Crippen LogP contribution in [-0.4, -0.2) is 23.9 Å². The van der Waals surface area contributed by atoms with E-state index in [1.54, 1.807) is 25.3 Å². The quantitative estimate of drug-likeness (QED) is 0.288. The topological polar surface area (TPSA) is 66.8 Å². The van der Waals surface area contributed by atoms with E-state index in [1.807, 2.05) is 62.4 Å². The molecule has 0 aliphatic carbocycles. The van der Waals surface area contributed by atoms with Gasteiger partial charge in [-0.1, -0.05) is 47.5 Å². The van der Waals surface area contributed by atoms with Crippen LogP contribution in [0.5, 0.6) is 5.75 Å². The molecule has 1 N–H and O–H groups in total. The largest absolute Gasteiger partial charge is 0.507 e. The maximum absolute atomic E-state index is 13.2. The summed E-state index contributed by atoms with van der Waals surface area (Å²) in [5.74, 6) is -1.03. The monoisotopic (exact) mass is 491 g/mol. The molecule has 0 bridgehead atoms. The maximum atomic E-state index is 13.2. The molecule has 1 aliphatic heterocycles. The Bertz CT molecular complexity index is 1250. The van der Waals surface area contributed by atoms with Crippen LogP contribution in [0.1, 0.15) is 28.3 Å². The van der Waals surface area contributed by atoms with Gasteiger partial charge in [0, 0.05) is 11.3 Å². The minimum absolute atomic E-state index is 0.0539. The van der Waals surface area contributed by atoms with Crippen molar-refractivity contribution in [2.45, 2.75) is 19.9 Å². The summed E-state index contributed by atoms with van der Waals surface area (Å²) in [6.07, 6.45) is 0. The summed E-state index contributed by atoms with van der Waals surface area (Å²) in [6, 6.07) is 19.3. The van der Waals surface area contributed by atoms with Crippen LogP contribution in [0.15, 0.2) is 76.8 Å². The highest BCUT2D eigenvalue weighted by atomic mass is 79.9. The molecule has 1 atom stereocenters. The average Bonchev–Trinajstić information content (AvgIpc) is 3.04. The van der Waals surface area contributed by atoms with Gasteiger partial charge in [0.05, 0.1) is 23.2 Å². The van der Waals surface area contributed by atoms with Crippen molar-refractivity contribution in [1.29, 1.82) is 0 Å². The molecule has 1 fully saturated rings. The number of aryl methyl sites for hydroxylation is 2. The summed E-state index contributed by atoms with van der Waals surface area (Å²) in [6.45, 7) is 3.90. The number of ether oxygens (including phenoxy) is 1. The summed E-state index contributed by atoms with van der Waals surface area (Å²) < 4.78 is 5.89. The molecule has 3 aromatic rings.